The van der Waals surface area contributed by atoms with E-state index in [2.05, 4.69) is 10.0 Å². The molecule has 0 aliphatic rings. The maximum absolute atomic E-state index is 11.8. The molecule has 1 heterocycles. The number of aliphatic hydroxyl groups is 1. The van der Waals surface area contributed by atoms with Crippen molar-refractivity contribution in [1.82, 2.24) is 10.0 Å². The maximum Gasteiger partial charge on any atom is 0.250 e. The minimum Gasteiger partial charge on any atom is -0.392 e. The van der Waals surface area contributed by atoms with Crippen LogP contribution in [-0.2, 0) is 10.0 Å². The first-order chi connectivity index (χ1) is 7.92. The number of thiophene rings is 1. The van der Waals surface area contributed by atoms with E-state index in [1.54, 1.807) is 19.1 Å². The highest BCUT2D eigenvalue weighted by Crippen LogP contribution is 2.19. The van der Waals surface area contributed by atoms with Crippen molar-refractivity contribution in [3.8, 4) is 0 Å². The lowest BCUT2D eigenvalue weighted by Gasteiger charge is -2.07. The molecule has 1 atom stereocenters. The molecule has 1 aromatic heterocycles. The number of aryl methyl sites for hydroxylation is 1. The highest BCUT2D eigenvalue weighted by molar-refractivity contribution is 7.91. The summed E-state index contributed by atoms with van der Waals surface area (Å²) in [5, 5.41) is 11.9. The second-order valence-corrected chi connectivity index (χ2v) is 7.10. The molecule has 1 rings (SSSR count). The summed E-state index contributed by atoms with van der Waals surface area (Å²) in [5.41, 5.74) is 0. The summed E-state index contributed by atoms with van der Waals surface area (Å²) in [6.07, 6.45) is -0.424. The molecule has 1 unspecified atom stereocenters. The van der Waals surface area contributed by atoms with E-state index < -0.39 is 16.1 Å². The van der Waals surface area contributed by atoms with Crippen LogP contribution in [-0.4, -0.2) is 39.3 Å². The standard InChI is InChI=1S/C10H18N2O3S2/c1-8(13)7-11-5-6-12-17(14,15)10-4-3-9(2)16-10/h3-4,8,11-13H,5-7H2,1-2H3. The number of hydrogen-bond donors (Lipinski definition) is 3. The Labute approximate surface area is 106 Å². The molecule has 0 aliphatic heterocycles. The number of rotatable bonds is 7. The van der Waals surface area contributed by atoms with Crippen LogP contribution in [0.4, 0.5) is 0 Å². The first-order valence-electron chi connectivity index (χ1n) is 5.36. The average molecular weight is 278 g/mol. The number of hydrogen-bond acceptors (Lipinski definition) is 5. The molecule has 7 heteroatoms. The van der Waals surface area contributed by atoms with Gasteiger partial charge in [-0.15, -0.1) is 11.3 Å². The minimum atomic E-state index is -3.37. The Morgan fingerprint density at radius 2 is 2.12 bits per heavy atom. The van der Waals surface area contributed by atoms with Crippen LogP contribution in [0.15, 0.2) is 16.3 Å². The van der Waals surface area contributed by atoms with E-state index in [-0.39, 0.29) is 0 Å². The van der Waals surface area contributed by atoms with Gasteiger partial charge in [-0.05, 0) is 26.0 Å². The van der Waals surface area contributed by atoms with E-state index in [4.69, 9.17) is 5.11 Å². The fraction of sp³-hybridized carbons (Fsp3) is 0.600. The van der Waals surface area contributed by atoms with Crippen molar-refractivity contribution >= 4 is 21.4 Å². The van der Waals surface area contributed by atoms with Crippen LogP contribution in [0.1, 0.15) is 11.8 Å². The molecular weight excluding hydrogens is 260 g/mol. The molecule has 1 aromatic rings. The van der Waals surface area contributed by atoms with E-state index in [9.17, 15) is 8.42 Å². The van der Waals surface area contributed by atoms with Gasteiger partial charge in [0, 0.05) is 24.5 Å². The Kier molecular flexibility index (Phi) is 5.54. The summed E-state index contributed by atoms with van der Waals surface area (Å²) in [5.74, 6) is 0. The Morgan fingerprint density at radius 1 is 1.41 bits per heavy atom. The summed E-state index contributed by atoms with van der Waals surface area (Å²) in [6, 6.07) is 3.39. The zero-order valence-corrected chi connectivity index (χ0v) is 11.6. The Hall–Kier alpha value is -0.470. The van der Waals surface area contributed by atoms with Crippen molar-refractivity contribution in [1.29, 1.82) is 0 Å². The van der Waals surface area contributed by atoms with E-state index in [1.807, 2.05) is 6.92 Å². The molecule has 0 amide bonds. The van der Waals surface area contributed by atoms with E-state index >= 15 is 0 Å². The zero-order valence-electron chi connectivity index (χ0n) is 9.93. The monoisotopic (exact) mass is 278 g/mol. The summed E-state index contributed by atoms with van der Waals surface area (Å²) in [7, 11) is -3.37. The lowest BCUT2D eigenvalue weighted by atomic mass is 10.4. The lowest BCUT2D eigenvalue weighted by molar-refractivity contribution is 0.192. The first-order valence-corrected chi connectivity index (χ1v) is 7.66. The van der Waals surface area contributed by atoms with Gasteiger partial charge in [0.1, 0.15) is 4.21 Å². The predicted molar refractivity (Wildman–Crippen MR) is 68.8 cm³/mol. The molecular formula is C10H18N2O3S2. The van der Waals surface area contributed by atoms with Gasteiger partial charge in [-0.1, -0.05) is 0 Å². The maximum atomic E-state index is 11.8. The number of nitrogens with one attached hydrogen (secondary N) is 2. The van der Waals surface area contributed by atoms with Crippen molar-refractivity contribution < 1.29 is 13.5 Å². The highest BCUT2D eigenvalue weighted by atomic mass is 32.2. The van der Waals surface area contributed by atoms with Gasteiger partial charge < -0.3 is 10.4 Å². The molecule has 0 fully saturated rings. The zero-order chi connectivity index (χ0) is 12.9. The fourth-order valence-electron chi connectivity index (χ4n) is 1.21. The smallest absolute Gasteiger partial charge is 0.250 e. The third-order valence-corrected chi connectivity index (χ3v) is 4.97. The topological polar surface area (TPSA) is 78.4 Å². The van der Waals surface area contributed by atoms with Crippen LogP contribution in [0.2, 0.25) is 0 Å². The SMILES string of the molecule is Cc1ccc(S(=O)(=O)NCCNCC(C)O)s1. The van der Waals surface area contributed by atoms with Crippen LogP contribution < -0.4 is 10.0 Å². The summed E-state index contributed by atoms with van der Waals surface area (Å²) >= 11 is 1.25. The third kappa shape index (κ3) is 5.13. The van der Waals surface area contributed by atoms with Crippen LogP contribution >= 0.6 is 11.3 Å². The van der Waals surface area contributed by atoms with E-state index in [1.165, 1.54) is 11.3 Å². The average Bonchev–Trinajstić information content (AvgIpc) is 2.64. The number of sulfonamides is 1. The lowest BCUT2D eigenvalue weighted by Crippen LogP contribution is -2.34. The largest absolute Gasteiger partial charge is 0.392 e. The van der Waals surface area contributed by atoms with Crippen LogP contribution in [0.3, 0.4) is 0 Å². The van der Waals surface area contributed by atoms with E-state index in [0.717, 1.165) is 4.88 Å². The molecule has 17 heavy (non-hydrogen) atoms. The quantitative estimate of drug-likeness (QED) is 0.627. The van der Waals surface area contributed by atoms with Gasteiger partial charge in [0.15, 0.2) is 0 Å². The van der Waals surface area contributed by atoms with Gasteiger partial charge in [-0.3, -0.25) is 0 Å². The van der Waals surface area contributed by atoms with Gasteiger partial charge in [0.05, 0.1) is 6.10 Å². The Morgan fingerprint density at radius 3 is 2.65 bits per heavy atom. The molecule has 3 N–H and O–H groups in total. The molecule has 0 aromatic carbocycles. The molecule has 0 bridgehead atoms. The molecule has 0 aliphatic carbocycles. The predicted octanol–water partition coefficient (Wildman–Crippen LogP) is 0.305. The van der Waals surface area contributed by atoms with E-state index in [0.29, 0.717) is 23.8 Å². The van der Waals surface area contributed by atoms with Crippen molar-refractivity contribution in [2.45, 2.75) is 24.2 Å². The van der Waals surface area contributed by atoms with Crippen LogP contribution in [0.25, 0.3) is 0 Å². The van der Waals surface area contributed by atoms with Gasteiger partial charge in [0.25, 0.3) is 0 Å². The van der Waals surface area contributed by atoms with Crippen molar-refractivity contribution in [2.24, 2.45) is 0 Å². The van der Waals surface area contributed by atoms with Gasteiger partial charge in [-0.2, -0.15) is 0 Å². The summed E-state index contributed by atoms with van der Waals surface area (Å²) in [6.45, 7) is 4.81. The highest BCUT2D eigenvalue weighted by Gasteiger charge is 2.14. The normalized spacial score (nSPS) is 13.8. The van der Waals surface area contributed by atoms with Gasteiger partial charge in [-0.25, -0.2) is 13.1 Å². The number of aliphatic hydroxyl groups excluding tert-OH is 1. The van der Waals surface area contributed by atoms with Crippen molar-refractivity contribution in [2.75, 3.05) is 19.6 Å². The Balaban J connectivity index is 2.36. The van der Waals surface area contributed by atoms with Gasteiger partial charge in [0.2, 0.25) is 10.0 Å². The fourth-order valence-corrected chi connectivity index (χ4v) is 3.57. The molecule has 0 saturated heterocycles. The summed E-state index contributed by atoms with van der Waals surface area (Å²) in [4.78, 5) is 0.970. The molecule has 5 nitrogen and oxygen atoms in total. The van der Waals surface area contributed by atoms with Crippen molar-refractivity contribution in [3.05, 3.63) is 17.0 Å². The van der Waals surface area contributed by atoms with Crippen LogP contribution in [0, 0.1) is 6.92 Å². The van der Waals surface area contributed by atoms with Crippen molar-refractivity contribution in [3.63, 3.8) is 0 Å². The van der Waals surface area contributed by atoms with Crippen LogP contribution in [0.5, 0.6) is 0 Å². The minimum absolute atomic E-state index is 0.312. The Bertz CT molecular complexity index is 440. The first kappa shape index (κ1) is 14.6. The molecule has 0 radical (unpaired) electrons. The molecule has 0 spiro atoms. The molecule has 98 valence electrons. The second kappa shape index (κ2) is 6.46. The summed E-state index contributed by atoms with van der Waals surface area (Å²) < 4.78 is 26.4. The second-order valence-electron chi connectivity index (χ2n) is 3.82. The molecule has 0 saturated carbocycles. The third-order valence-electron chi connectivity index (χ3n) is 2.01. The van der Waals surface area contributed by atoms with Gasteiger partial charge >= 0.3 is 0 Å².